The zero-order valence-electron chi connectivity index (χ0n) is 11.8. The van der Waals surface area contributed by atoms with Crippen molar-refractivity contribution in [1.29, 1.82) is 0 Å². The number of amides is 1. The average molecular weight is 265 g/mol. The lowest BCUT2D eigenvalue weighted by molar-refractivity contribution is -0.122. The van der Waals surface area contributed by atoms with Crippen LogP contribution in [0.3, 0.4) is 0 Å². The van der Waals surface area contributed by atoms with Crippen LogP contribution in [0.4, 0.5) is 0 Å². The maximum absolute atomic E-state index is 11.8. The highest BCUT2D eigenvalue weighted by Crippen LogP contribution is 2.15. The van der Waals surface area contributed by atoms with Crippen molar-refractivity contribution < 1.29 is 9.53 Å². The molecule has 5 nitrogen and oxygen atoms in total. The molecule has 0 aliphatic carbocycles. The Morgan fingerprint density at radius 2 is 2.47 bits per heavy atom. The van der Waals surface area contributed by atoms with Gasteiger partial charge in [-0.05, 0) is 18.3 Å². The van der Waals surface area contributed by atoms with E-state index in [2.05, 4.69) is 28.7 Å². The molecule has 1 aromatic rings. The largest absolute Gasteiger partial charge is 0.381 e. The van der Waals surface area contributed by atoms with Gasteiger partial charge in [-0.25, -0.2) is 4.98 Å². The summed E-state index contributed by atoms with van der Waals surface area (Å²) in [5, 5.41) is 2.97. The standard InChI is InChI=1S/C14H23N3O2/c1-11(2)8-17-10-15-6-13(17)7-16-14(18)5-12-3-4-19-9-12/h6,10-12H,3-5,7-9H2,1-2H3,(H,16,18)/t12-/m0/s1. The monoisotopic (exact) mass is 265 g/mol. The Bertz CT molecular complexity index is 409. The van der Waals surface area contributed by atoms with Gasteiger partial charge in [0, 0.05) is 32.4 Å². The predicted octanol–water partition coefficient (Wildman–Crippen LogP) is 1.58. The Kier molecular flexibility index (Phi) is 4.96. The van der Waals surface area contributed by atoms with Crippen LogP contribution in [0.5, 0.6) is 0 Å². The number of carbonyl (C=O) groups is 1. The highest BCUT2D eigenvalue weighted by Gasteiger charge is 2.19. The molecule has 0 aromatic carbocycles. The average Bonchev–Trinajstić information content (AvgIpc) is 2.97. The number of rotatable bonds is 6. The smallest absolute Gasteiger partial charge is 0.220 e. The Labute approximate surface area is 114 Å². The highest BCUT2D eigenvalue weighted by atomic mass is 16.5. The molecule has 2 heterocycles. The SMILES string of the molecule is CC(C)Cn1cncc1CNC(=O)C[C@@H]1CCOC1. The molecule has 5 heteroatoms. The summed E-state index contributed by atoms with van der Waals surface area (Å²) >= 11 is 0. The molecule has 0 radical (unpaired) electrons. The molecule has 0 bridgehead atoms. The van der Waals surface area contributed by atoms with E-state index in [0.29, 0.717) is 24.8 Å². The van der Waals surface area contributed by atoms with Crippen molar-refractivity contribution in [3.05, 3.63) is 18.2 Å². The second kappa shape index (κ2) is 6.70. The Hall–Kier alpha value is -1.36. The first-order chi connectivity index (χ1) is 9.15. The molecule has 0 unspecified atom stereocenters. The lowest BCUT2D eigenvalue weighted by atomic mass is 10.1. The van der Waals surface area contributed by atoms with Crippen LogP contribution in [0.25, 0.3) is 0 Å². The summed E-state index contributed by atoms with van der Waals surface area (Å²) in [5.41, 5.74) is 1.06. The fourth-order valence-electron chi connectivity index (χ4n) is 2.32. The topological polar surface area (TPSA) is 56.2 Å². The van der Waals surface area contributed by atoms with E-state index in [1.807, 2.05) is 12.5 Å². The Morgan fingerprint density at radius 1 is 1.63 bits per heavy atom. The maximum atomic E-state index is 11.8. The molecule has 1 atom stereocenters. The summed E-state index contributed by atoms with van der Waals surface area (Å²) in [4.78, 5) is 16.0. The molecule has 1 saturated heterocycles. The first-order valence-corrected chi connectivity index (χ1v) is 6.98. The summed E-state index contributed by atoms with van der Waals surface area (Å²) in [6.45, 7) is 7.34. The van der Waals surface area contributed by atoms with Gasteiger partial charge in [-0.2, -0.15) is 0 Å². The maximum Gasteiger partial charge on any atom is 0.220 e. The number of nitrogens with zero attached hydrogens (tertiary/aromatic N) is 2. The minimum Gasteiger partial charge on any atom is -0.381 e. The lowest BCUT2D eigenvalue weighted by Crippen LogP contribution is -2.26. The Balaban J connectivity index is 1.78. The van der Waals surface area contributed by atoms with Gasteiger partial charge in [0.2, 0.25) is 5.91 Å². The number of imidazole rings is 1. The lowest BCUT2D eigenvalue weighted by Gasteiger charge is -2.12. The predicted molar refractivity (Wildman–Crippen MR) is 72.5 cm³/mol. The third kappa shape index (κ3) is 4.35. The third-order valence-corrected chi connectivity index (χ3v) is 3.33. The summed E-state index contributed by atoms with van der Waals surface area (Å²) < 4.78 is 7.38. The second-order valence-corrected chi connectivity index (χ2v) is 5.64. The van der Waals surface area contributed by atoms with Gasteiger partial charge in [-0.15, -0.1) is 0 Å². The fraction of sp³-hybridized carbons (Fsp3) is 0.714. The number of aromatic nitrogens is 2. The third-order valence-electron chi connectivity index (χ3n) is 3.33. The van der Waals surface area contributed by atoms with E-state index in [4.69, 9.17) is 4.74 Å². The van der Waals surface area contributed by atoms with Gasteiger partial charge in [0.1, 0.15) is 0 Å². The van der Waals surface area contributed by atoms with Crippen LogP contribution in [0.1, 0.15) is 32.4 Å². The molecular formula is C14H23N3O2. The van der Waals surface area contributed by atoms with Crippen LogP contribution in [0.2, 0.25) is 0 Å². The van der Waals surface area contributed by atoms with Crippen molar-refractivity contribution in [2.24, 2.45) is 11.8 Å². The fourth-order valence-corrected chi connectivity index (χ4v) is 2.32. The van der Waals surface area contributed by atoms with E-state index in [0.717, 1.165) is 31.9 Å². The molecule has 0 spiro atoms. The highest BCUT2D eigenvalue weighted by molar-refractivity contribution is 5.76. The number of hydrogen-bond donors (Lipinski definition) is 1. The summed E-state index contributed by atoms with van der Waals surface area (Å²) in [6, 6.07) is 0. The van der Waals surface area contributed by atoms with Crippen molar-refractivity contribution in [3.63, 3.8) is 0 Å². The molecular weight excluding hydrogens is 242 g/mol. The summed E-state index contributed by atoms with van der Waals surface area (Å²) in [7, 11) is 0. The van der Waals surface area contributed by atoms with E-state index >= 15 is 0 Å². The van der Waals surface area contributed by atoms with Gasteiger partial charge in [-0.3, -0.25) is 4.79 Å². The minimum atomic E-state index is 0.104. The first-order valence-electron chi connectivity index (χ1n) is 6.98. The first kappa shape index (κ1) is 14.1. The van der Waals surface area contributed by atoms with Gasteiger partial charge in [0.25, 0.3) is 0 Å². The van der Waals surface area contributed by atoms with Crippen molar-refractivity contribution in [3.8, 4) is 0 Å². The van der Waals surface area contributed by atoms with E-state index in [1.165, 1.54) is 0 Å². The van der Waals surface area contributed by atoms with E-state index in [-0.39, 0.29) is 5.91 Å². The van der Waals surface area contributed by atoms with Gasteiger partial charge in [0.15, 0.2) is 0 Å². The molecule has 19 heavy (non-hydrogen) atoms. The van der Waals surface area contributed by atoms with E-state index in [1.54, 1.807) is 0 Å². The number of carbonyl (C=O) groups excluding carboxylic acids is 1. The van der Waals surface area contributed by atoms with Crippen molar-refractivity contribution in [2.45, 2.75) is 39.8 Å². The van der Waals surface area contributed by atoms with Gasteiger partial charge < -0.3 is 14.6 Å². The Morgan fingerprint density at radius 3 is 3.16 bits per heavy atom. The van der Waals surface area contributed by atoms with Crippen LogP contribution < -0.4 is 5.32 Å². The van der Waals surface area contributed by atoms with Crippen LogP contribution in [-0.4, -0.2) is 28.7 Å². The second-order valence-electron chi connectivity index (χ2n) is 5.64. The molecule has 1 fully saturated rings. The quantitative estimate of drug-likeness (QED) is 0.849. The van der Waals surface area contributed by atoms with Crippen LogP contribution in [0, 0.1) is 11.8 Å². The molecule has 2 rings (SSSR count). The molecule has 1 aliphatic rings. The van der Waals surface area contributed by atoms with Gasteiger partial charge in [0.05, 0.1) is 18.6 Å². The normalized spacial score (nSPS) is 19.0. The van der Waals surface area contributed by atoms with Crippen molar-refractivity contribution in [1.82, 2.24) is 14.9 Å². The summed E-state index contributed by atoms with van der Waals surface area (Å²) in [5.74, 6) is 1.06. The van der Waals surface area contributed by atoms with Crippen molar-refractivity contribution >= 4 is 5.91 Å². The van der Waals surface area contributed by atoms with E-state index < -0.39 is 0 Å². The number of nitrogens with one attached hydrogen (secondary N) is 1. The zero-order valence-corrected chi connectivity index (χ0v) is 11.8. The van der Waals surface area contributed by atoms with Crippen LogP contribution in [0.15, 0.2) is 12.5 Å². The summed E-state index contributed by atoms with van der Waals surface area (Å²) in [6.07, 6.45) is 5.21. The van der Waals surface area contributed by atoms with Crippen LogP contribution in [-0.2, 0) is 22.6 Å². The van der Waals surface area contributed by atoms with E-state index in [9.17, 15) is 4.79 Å². The molecule has 1 N–H and O–H groups in total. The van der Waals surface area contributed by atoms with Crippen molar-refractivity contribution in [2.75, 3.05) is 13.2 Å². The number of hydrogen-bond acceptors (Lipinski definition) is 3. The van der Waals surface area contributed by atoms with Crippen LogP contribution >= 0.6 is 0 Å². The zero-order chi connectivity index (χ0) is 13.7. The molecule has 1 aromatic heterocycles. The number of ether oxygens (including phenoxy) is 1. The molecule has 1 amide bonds. The molecule has 0 saturated carbocycles. The minimum absolute atomic E-state index is 0.104. The molecule has 1 aliphatic heterocycles. The van der Waals surface area contributed by atoms with Gasteiger partial charge in [-0.1, -0.05) is 13.8 Å². The van der Waals surface area contributed by atoms with Gasteiger partial charge >= 0.3 is 0 Å². The molecule has 106 valence electrons.